The lowest BCUT2D eigenvalue weighted by Crippen LogP contribution is -2.14. The SMILES string of the molecule is COC(=O)c1ccc2c(Cl)nc(C3CCN(C)C3)n2c1. The van der Waals surface area contributed by atoms with Crippen molar-refractivity contribution in [2.45, 2.75) is 12.3 Å². The van der Waals surface area contributed by atoms with Crippen LogP contribution in [0.25, 0.3) is 5.52 Å². The number of fused-ring (bicyclic) bond motifs is 1. The highest BCUT2D eigenvalue weighted by Gasteiger charge is 2.26. The van der Waals surface area contributed by atoms with Crippen molar-refractivity contribution in [3.8, 4) is 0 Å². The first-order chi connectivity index (χ1) is 9.60. The summed E-state index contributed by atoms with van der Waals surface area (Å²) >= 11 is 6.20. The molecule has 3 rings (SSSR count). The first-order valence-corrected chi connectivity index (χ1v) is 6.92. The number of ether oxygens (including phenoxy) is 1. The van der Waals surface area contributed by atoms with Gasteiger partial charge in [0.2, 0.25) is 0 Å². The zero-order valence-corrected chi connectivity index (χ0v) is 12.2. The predicted octanol–water partition coefficient (Wildman–Crippen LogP) is 2.19. The van der Waals surface area contributed by atoms with Gasteiger partial charge in [-0.05, 0) is 32.1 Å². The summed E-state index contributed by atoms with van der Waals surface area (Å²) < 4.78 is 6.68. The quantitative estimate of drug-likeness (QED) is 0.797. The Kier molecular flexibility index (Phi) is 3.40. The van der Waals surface area contributed by atoms with Crippen molar-refractivity contribution in [2.75, 3.05) is 27.2 Å². The van der Waals surface area contributed by atoms with E-state index in [2.05, 4.69) is 16.9 Å². The lowest BCUT2D eigenvalue weighted by molar-refractivity contribution is 0.0600. The van der Waals surface area contributed by atoms with Crippen LogP contribution >= 0.6 is 11.6 Å². The van der Waals surface area contributed by atoms with Gasteiger partial charge < -0.3 is 14.0 Å². The molecule has 2 aromatic rings. The average Bonchev–Trinajstić information content (AvgIpc) is 3.02. The molecule has 0 spiro atoms. The second-order valence-electron chi connectivity index (χ2n) is 5.17. The van der Waals surface area contributed by atoms with E-state index in [1.807, 2.05) is 10.5 Å². The first kappa shape index (κ1) is 13.4. The Balaban J connectivity index is 2.09. The molecule has 6 heteroatoms. The van der Waals surface area contributed by atoms with Gasteiger partial charge in [0.25, 0.3) is 0 Å². The van der Waals surface area contributed by atoms with Gasteiger partial charge in [0, 0.05) is 18.7 Å². The van der Waals surface area contributed by atoms with Crippen LogP contribution in [0.3, 0.4) is 0 Å². The number of imidazole rings is 1. The third-order valence-electron chi connectivity index (χ3n) is 3.80. The van der Waals surface area contributed by atoms with Crippen LogP contribution in [-0.4, -0.2) is 47.5 Å². The molecule has 0 amide bonds. The van der Waals surface area contributed by atoms with Crippen LogP contribution in [0.15, 0.2) is 18.3 Å². The van der Waals surface area contributed by atoms with Crippen molar-refractivity contribution < 1.29 is 9.53 Å². The lowest BCUT2D eigenvalue weighted by Gasteiger charge is -2.10. The summed E-state index contributed by atoms with van der Waals surface area (Å²) in [6.07, 6.45) is 2.81. The molecule has 0 N–H and O–H groups in total. The Morgan fingerprint density at radius 1 is 1.50 bits per heavy atom. The van der Waals surface area contributed by atoms with Gasteiger partial charge in [-0.15, -0.1) is 0 Å². The van der Waals surface area contributed by atoms with Gasteiger partial charge in [0.15, 0.2) is 5.15 Å². The summed E-state index contributed by atoms with van der Waals surface area (Å²) in [5.74, 6) is 0.902. The molecule has 3 heterocycles. The molecule has 1 atom stereocenters. The number of hydrogen-bond acceptors (Lipinski definition) is 4. The minimum absolute atomic E-state index is 0.341. The average molecular weight is 294 g/mol. The van der Waals surface area contributed by atoms with Crippen LogP contribution in [0.5, 0.6) is 0 Å². The molecule has 0 aromatic carbocycles. The monoisotopic (exact) mass is 293 g/mol. The summed E-state index contributed by atoms with van der Waals surface area (Å²) in [6, 6.07) is 3.52. The summed E-state index contributed by atoms with van der Waals surface area (Å²) in [5, 5.41) is 0.478. The summed E-state index contributed by atoms with van der Waals surface area (Å²) in [7, 11) is 3.47. The third-order valence-corrected chi connectivity index (χ3v) is 4.08. The van der Waals surface area contributed by atoms with Gasteiger partial charge in [-0.1, -0.05) is 11.6 Å². The molecule has 0 bridgehead atoms. The number of likely N-dealkylation sites (N-methyl/N-ethyl adjacent to an activating group) is 1. The fraction of sp³-hybridized carbons (Fsp3) is 0.429. The van der Waals surface area contributed by atoms with E-state index in [1.54, 1.807) is 12.3 Å². The highest BCUT2D eigenvalue weighted by atomic mass is 35.5. The number of methoxy groups -OCH3 is 1. The molecule has 0 aliphatic carbocycles. The number of carbonyl (C=O) groups excluding carboxylic acids is 1. The van der Waals surface area contributed by atoms with Crippen molar-refractivity contribution in [1.29, 1.82) is 0 Å². The smallest absolute Gasteiger partial charge is 0.339 e. The van der Waals surface area contributed by atoms with Crippen molar-refractivity contribution >= 4 is 23.1 Å². The summed E-state index contributed by atoms with van der Waals surface area (Å²) in [6.45, 7) is 2.01. The Bertz CT molecular complexity index is 668. The maximum atomic E-state index is 11.7. The van der Waals surface area contributed by atoms with E-state index in [1.165, 1.54) is 7.11 Å². The zero-order valence-electron chi connectivity index (χ0n) is 11.5. The maximum absolute atomic E-state index is 11.7. The number of esters is 1. The molecule has 0 radical (unpaired) electrons. The number of rotatable bonds is 2. The van der Waals surface area contributed by atoms with Gasteiger partial charge in [-0.25, -0.2) is 9.78 Å². The van der Waals surface area contributed by atoms with Crippen LogP contribution in [0.1, 0.15) is 28.5 Å². The van der Waals surface area contributed by atoms with Gasteiger partial charge in [0.05, 0.1) is 18.2 Å². The second-order valence-corrected chi connectivity index (χ2v) is 5.53. The second kappa shape index (κ2) is 5.07. The third kappa shape index (κ3) is 2.17. The van der Waals surface area contributed by atoms with E-state index in [0.717, 1.165) is 30.9 Å². The molecular formula is C14H16ClN3O2. The van der Waals surface area contributed by atoms with Crippen molar-refractivity contribution in [2.24, 2.45) is 0 Å². The fourth-order valence-corrected chi connectivity index (χ4v) is 2.98. The standard InChI is InChI=1S/C14H16ClN3O2/c1-17-6-5-9(7-17)13-16-12(15)11-4-3-10(8-18(11)13)14(19)20-2/h3-4,8-9H,5-7H2,1-2H3. The zero-order chi connectivity index (χ0) is 14.3. The molecular weight excluding hydrogens is 278 g/mol. The molecule has 1 fully saturated rings. The number of aromatic nitrogens is 2. The predicted molar refractivity (Wildman–Crippen MR) is 76.4 cm³/mol. The minimum Gasteiger partial charge on any atom is -0.465 e. The van der Waals surface area contributed by atoms with Crippen LogP contribution in [-0.2, 0) is 4.74 Å². The van der Waals surface area contributed by atoms with Crippen LogP contribution in [0, 0.1) is 0 Å². The number of likely N-dealkylation sites (tertiary alicyclic amines) is 1. The summed E-state index contributed by atoms with van der Waals surface area (Å²) in [5.41, 5.74) is 1.32. The van der Waals surface area contributed by atoms with E-state index < -0.39 is 0 Å². The number of halogens is 1. The number of pyridine rings is 1. The first-order valence-electron chi connectivity index (χ1n) is 6.54. The Labute approximate surface area is 122 Å². The van der Waals surface area contributed by atoms with E-state index in [0.29, 0.717) is 16.6 Å². The Hall–Kier alpha value is -1.59. The molecule has 5 nitrogen and oxygen atoms in total. The van der Waals surface area contributed by atoms with Crippen molar-refractivity contribution in [3.63, 3.8) is 0 Å². The molecule has 106 valence electrons. The van der Waals surface area contributed by atoms with E-state index in [9.17, 15) is 4.79 Å². The highest BCUT2D eigenvalue weighted by molar-refractivity contribution is 6.32. The molecule has 1 saturated heterocycles. The Morgan fingerprint density at radius 3 is 2.95 bits per heavy atom. The van der Waals surface area contributed by atoms with E-state index >= 15 is 0 Å². The number of hydrogen-bond donors (Lipinski definition) is 0. The van der Waals surface area contributed by atoms with Gasteiger partial charge in [-0.2, -0.15) is 0 Å². The van der Waals surface area contributed by atoms with Gasteiger partial charge >= 0.3 is 5.97 Å². The normalized spacial score (nSPS) is 19.6. The van der Waals surface area contributed by atoms with Crippen LogP contribution in [0.2, 0.25) is 5.15 Å². The highest BCUT2D eigenvalue weighted by Crippen LogP contribution is 2.29. The molecule has 0 saturated carbocycles. The van der Waals surface area contributed by atoms with Crippen LogP contribution in [0.4, 0.5) is 0 Å². The van der Waals surface area contributed by atoms with Gasteiger partial charge in [0.1, 0.15) is 5.82 Å². The lowest BCUT2D eigenvalue weighted by atomic mass is 10.1. The minimum atomic E-state index is -0.355. The van der Waals surface area contributed by atoms with Crippen molar-refractivity contribution in [1.82, 2.24) is 14.3 Å². The molecule has 1 aliphatic rings. The largest absolute Gasteiger partial charge is 0.465 e. The molecule has 20 heavy (non-hydrogen) atoms. The van der Waals surface area contributed by atoms with E-state index in [4.69, 9.17) is 16.3 Å². The van der Waals surface area contributed by atoms with Gasteiger partial charge in [-0.3, -0.25) is 0 Å². The maximum Gasteiger partial charge on any atom is 0.339 e. The molecule has 1 unspecified atom stereocenters. The molecule has 1 aliphatic heterocycles. The molecule has 2 aromatic heterocycles. The van der Waals surface area contributed by atoms with Crippen LogP contribution < -0.4 is 0 Å². The number of carbonyl (C=O) groups is 1. The fourth-order valence-electron chi connectivity index (χ4n) is 2.74. The van der Waals surface area contributed by atoms with E-state index in [-0.39, 0.29) is 5.97 Å². The van der Waals surface area contributed by atoms with Crippen molar-refractivity contribution in [3.05, 3.63) is 34.9 Å². The Morgan fingerprint density at radius 2 is 2.30 bits per heavy atom. The number of nitrogens with zero attached hydrogens (tertiary/aromatic N) is 3. The summed E-state index contributed by atoms with van der Waals surface area (Å²) in [4.78, 5) is 18.4. The topological polar surface area (TPSA) is 46.8 Å².